The molecule has 3 rings (SSSR count). The van der Waals surface area contributed by atoms with Gasteiger partial charge in [0.2, 0.25) is 5.91 Å². The smallest absolute Gasteiger partial charge is 0.264 e. The zero-order chi connectivity index (χ0) is 18.5. The van der Waals surface area contributed by atoms with Crippen molar-refractivity contribution in [1.82, 2.24) is 9.80 Å². The summed E-state index contributed by atoms with van der Waals surface area (Å²) in [5.74, 6) is 0.000177. The Morgan fingerprint density at radius 2 is 1.58 bits per heavy atom. The molecule has 1 saturated heterocycles. The van der Waals surface area contributed by atoms with Crippen molar-refractivity contribution < 1.29 is 14.4 Å². The van der Waals surface area contributed by atoms with E-state index in [1.165, 1.54) is 11.3 Å². The number of carbonyl (C=O) groups excluding carboxylic acids is 3. The van der Waals surface area contributed by atoms with Gasteiger partial charge in [0, 0.05) is 44.6 Å². The molecule has 0 atom stereocenters. The van der Waals surface area contributed by atoms with E-state index in [0.717, 1.165) is 10.4 Å². The first kappa shape index (κ1) is 18.3. The Morgan fingerprint density at radius 1 is 0.923 bits per heavy atom. The van der Waals surface area contributed by atoms with E-state index >= 15 is 0 Å². The number of rotatable bonds is 5. The number of hydrogen-bond donors (Lipinski definition) is 0. The lowest BCUT2D eigenvalue weighted by Crippen LogP contribution is -2.50. The van der Waals surface area contributed by atoms with Gasteiger partial charge in [0.15, 0.2) is 5.78 Å². The molecule has 6 heteroatoms. The van der Waals surface area contributed by atoms with Crippen LogP contribution in [0.15, 0.2) is 41.8 Å². The first-order valence-corrected chi connectivity index (χ1v) is 9.63. The Bertz CT molecular complexity index is 776. The fraction of sp³-hybridized carbons (Fsp3) is 0.350. The molecule has 0 aliphatic carbocycles. The normalized spacial score (nSPS) is 14.3. The van der Waals surface area contributed by atoms with Gasteiger partial charge in [-0.05, 0) is 18.4 Å². The highest BCUT2D eigenvalue weighted by Crippen LogP contribution is 2.15. The summed E-state index contributed by atoms with van der Waals surface area (Å²) >= 11 is 1.43. The van der Waals surface area contributed by atoms with Gasteiger partial charge in [-0.1, -0.05) is 35.9 Å². The number of nitrogens with zero attached hydrogens (tertiary/aromatic N) is 2. The lowest BCUT2D eigenvalue weighted by atomic mass is 10.0. The predicted octanol–water partition coefficient (Wildman–Crippen LogP) is 3.00. The van der Waals surface area contributed by atoms with E-state index in [-0.39, 0.29) is 30.4 Å². The molecule has 0 spiro atoms. The van der Waals surface area contributed by atoms with Crippen molar-refractivity contribution in [2.24, 2.45) is 0 Å². The molecule has 1 aliphatic heterocycles. The number of ketones is 1. The van der Waals surface area contributed by atoms with Crippen LogP contribution >= 0.6 is 11.3 Å². The second kappa shape index (κ2) is 8.27. The molecule has 2 heterocycles. The van der Waals surface area contributed by atoms with Gasteiger partial charge in [-0.15, -0.1) is 11.3 Å². The van der Waals surface area contributed by atoms with E-state index in [2.05, 4.69) is 0 Å². The minimum absolute atomic E-state index is 0.00939. The van der Waals surface area contributed by atoms with Gasteiger partial charge < -0.3 is 9.80 Å². The van der Waals surface area contributed by atoms with E-state index in [9.17, 15) is 14.4 Å². The Morgan fingerprint density at radius 3 is 2.19 bits per heavy atom. The number of hydrogen-bond acceptors (Lipinski definition) is 4. The molecule has 2 aromatic rings. The first-order chi connectivity index (χ1) is 12.5. The van der Waals surface area contributed by atoms with Crippen LogP contribution in [0.5, 0.6) is 0 Å². The average Bonchev–Trinajstić information content (AvgIpc) is 3.20. The van der Waals surface area contributed by atoms with Gasteiger partial charge in [0.05, 0.1) is 4.88 Å². The number of piperazine rings is 1. The summed E-state index contributed by atoms with van der Waals surface area (Å²) in [5, 5.41) is 1.89. The van der Waals surface area contributed by atoms with Crippen LogP contribution in [0, 0.1) is 6.92 Å². The Hall–Kier alpha value is -2.47. The Kier molecular flexibility index (Phi) is 5.83. The van der Waals surface area contributed by atoms with Crippen LogP contribution in [0.1, 0.15) is 38.4 Å². The topological polar surface area (TPSA) is 57.7 Å². The summed E-state index contributed by atoms with van der Waals surface area (Å²) < 4.78 is 0. The highest BCUT2D eigenvalue weighted by molar-refractivity contribution is 7.12. The van der Waals surface area contributed by atoms with Crippen molar-refractivity contribution in [3.05, 3.63) is 57.8 Å². The number of carbonyl (C=O) groups is 3. The molecule has 0 unspecified atom stereocenters. The third kappa shape index (κ3) is 4.38. The molecule has 0 radical (unpaired) electrons. The fourth-order valence-electron chi connectivity index (χ4n) is 2.98. The van der Waals surface area contributed by atoms with E-state index in [1.54, 1.807) is 21.9 Å². The Labute approximate surface area is 157 Å². The van der Waals surface area contributed by atoms with Crippen molar-refractivity contribution in [2.75, 3.05) is 26.2 Å². The zero-order valence-electron chi connectivity index (χ0n) is 14.8. The maximum Gasteiger partial charge on any atom is 0.264 e. The van der Waals surface area contributed by atoms with E-state index in [1.807, 2.05) is 36.6 Å². The molecule has 136 valence electrons. The van der Waals surface area contributed by atoms with Crippen LogP contribution in [-0.2, 0) is 4.79 Å². The minimum atomic E-state index is -0.0197. The molecule has 26 heavy (non-hydrogen) atoms. The van der Waals surface area contributed by atoms with Crippen molar-refractivity contribution >= 4 is 28.9 Å². The largest absolute Gasteiger partial charge is 0.339 e. The van der Waals surface area contributed by atoms with Gasteiger partial charge in [0.25, 0.3) is 5.91 Å². The summed E-state index contributed by atoms with van der Waals surface area (Å²) in [6.45, 7) is 4.09. The second-order valence-electron chi connectivity index (χ2n) is 6.44. The SMILES string of the molecule is Cc1ccc(C(=O)CCC(=O)N2CCN(C(=O)c3cccs3)CC2)cc1. The molecule has 1 aliphatic rings. The second-order valence-corrected chi connectivity index (χ2v) is 7.39. The lowest BCUT2D eigenvalue weighted by molar-refractivity contribution is -0.132. The van der Waals surface area contributed by atoms with Crippen LogP contribution in [0.3, 0.4) is 0 Å². The number of benzene rings is 1. The zero-order valence-corrected chi connectivity index (χ0v) is 15.6. The van der Waals surface area contributed by atoms with Gasteiger partial charge in [-0.2, -0.15) is 0 Å². The monoisotopic (exact) mass is 370 g/mol. The third-order valence-electron chi connectivity index (χ3n) is 4.59. The summed E-state index contributed by atoms with van der Waals surface area (Å²) in [4.78, 5) is 41.1. The van der Waals surface area contributed by atoms with Crippen LogP contribution in [0.4, 0.5) is 0 Å². The molecule has 0 bridgehead atoms. The van der Waals surface area contributed by atoms with Gasteiger partial charge in [-0.3, -0.25) is 14.4 Å². The molecule has 0 N–H and O–H groups in total. The van der Waals surface area contributed by atoms with Crippen molar-refractivity contribution in [3.8, 4) is 0 Å². The quantitative estimate of drug-likeness (QED) is 0.760. The average molecular weight is 370 g/mol. The standard InChI is InChI=1S/C20H22N2O3S/c1-15-4-6-16(7-5-15)17(23)8-9-19(24)21-10-12-22(13-11-21)20(25)18-3-2-14-26-18/h2-7,14H,8-13H2,1H3. The van der Waals surface area contributed by atoms with Crippen molar-refractivity contribution in [1.29, 1.82) is 0 Å². The maximum absolute atomic E-state index is 12.4. The van der Waals surface area contributed by atoms with Gasteiger partial charge in [-0.25, -0.2) is 0 Å². The maximum atomic E-state index is 12.4. The Balaban J connectivity index is 1.45. The van der Waals surface area contributed by atoms with Crippen LogP contribution < -0.4 is 0 Å². The molecule has 0 saturated carbocycles. The first-order valence-electron chi connectivity index (χ1n) is 8.75. The predicted molar refractivity (Wildman–Crippen MR) is 102 cm³/mol. The summed E-state index contributed by atoms with van der Waals surface area (Å²) in [6.07, 6.45) is 0.432. The van der Waals surface area contributed by atoms with Crippen molar-refractivity contribution in [3.63, 3.8) is 0 Å². The molecule has 1 fully saturated rings. The number of amides is 2. The molecular weight excluding hydrogens is 348 g/mol. The minimum Gasteiger partial charge on any atom is -0.339 e. The third-order valence-corrected chi connectivity index (χ3v) is 5.45. The number of thiophene rings is 1. The molecule has 1 aromatic carbocycles. The fourth-order valence-corrected chi connectivity index (χ4v) is 3.67. The summed E-state index contributed by atoms with van der Waals surface area (Å²) in [6, 6.07) is 11.1. The highest BCUT2D eigenvalue weighted by atomic mass is 32.1. The molecule has 5 nitrogen and oxygen atoms in total. The summed E-state index contributed by atoms with van der Waals surface area (Å²) in [5.41, 5.74) is 1.75. The highest BCUT2D eigenvalue weighted by Gasteiger charge is 2.25. The number of Topliss-reactive ketones (excluding diaryl/α,β-unsaturated/α-hetero) is 1. The van der Waals surface area contributed by atoms with Crippen LogP contribution in [0.2, 0.25) is 0 Å². The lowest BCUT2D eigenvalue weighted by Gasteiger charge is -2.34. The molecular formula is C20H22N2O3S. The summed E-state index contributed by atoms with van der Waals surface area (Å²) in [7, 11) is 0. The van der Waals surface area contributed by atoms with Crippen LogP contribution in [0.25, 0.3) is 0 Å². The molecule has 1 aromatic heterocycles. The molecule has 2 amide bonds. The van der Waals surface area contributed by atoms with E-state index < -0.39 is 0 Å². The van der Waals surface area contributed by atoms with E-state index in [0.29, 0.717) is 31.7 Å². The van der Waals surface area contributed by atoms with Crippen molar-refractivity contribution in [2.45, 2.75) is 19.8 Å². The van der Waals surface area contributed by atoms with E-state index in [4.69, 9.17) is 0 Å². The van der Waals surface area contributed by atoms with Crippen LogP contribution in [-0.4, -0.2) is 53.6 Å². The number of aryl methyl sites for hydroxylation is 1. The van der Waals surface area contributed by atoms with Gasteiger partial charge >= 0.3 is 0 Å². The van der Waals surface area contributed by atoms with Gasteiger partial charge in [0.1, 0.15) is 0 Å².